The maximum Gasteiger partial charge on any atom is 0.182 e. The molecule has 0 atom stereocenters. The number of anilines is 1. The van der Waals surface area contributed by atoms with Crippen LogP contribution >= 0.6 is 11.9 Å². The van der Waals surface area contributed by atoms with Gasteiger partial charge in [-0.1, -0.05) is 11.9 Å². The van der Waals surface area contributed by atoms with Gasteiger partial charge in [-0.3, -0.25) is 0 Å². The van der Waals surface area contributed by atoms with Crippen LogP contribution in [0.15, 0.2) is 66.8 Å². The average molecular weight is 521 g/mol. The van der Waals surface area contributed by atoms with Crippen LogP contribution in [0.25, 0.3) is 22.3 Å². The van der Waals surface area contributed by atoms with Crippen molar-refractivity contribution in [3.05, 3.63) is 89.8 Å². The number of hydrogen-bond donors (Lipinski definition) is 3. The number of ether oxygens (including phenoxy) is 1. The van der Waals surface area contributed by atoms with Crippen molar-refractivity contribution >= 4 is 35.0 Å². The molecule has 1 fully saturated rings. The summed E-state index contributed by atoms with van der Waals surface area (Å²) in [4.78, 5) is 4.47. The largest absolute Gasteiger partial charge is 0.381 e. The first-order valence-electron chi connectivity index (χ1n) is 11.8. The van der Waals surface area contributed by atoms with Crippen LogP contribution < -0.4 is 10.0 Å². The maximum atomic E-state index is 14.6. The van der Waals surface area contributed by atoms with Crippen LogP contribution in [0.3, 0.4) is 0 Å². The molecule has 0 spiro atoms. The number of rotatable bonds is 7. The number of halogens is 2. The number of allylic oxidation sites excluding steroid dienone is 4. The number of dihydropyridines is 1. The van der Waals surface area contributed by atoms with E-state index >= 15 is 0 Å². The van der Waals surface area contributed by atoms with Gasteiger partial charge in [-0.2, -0.15) is 5.10 Å². The van der Waals surface area contributed by atoms with Gasteiger partial charge in [0.15, 0.2) is 5.82 Å². The SMILES string of the molecule is CSNc1cc(/C(C=N)=C2\C=CC(c3ncn(C4CCOCC4)n3)=CN2)cc(-c2ccc(F)cc2F)c1. The topological polar surface area (TPSA) is 87.9 Å². The van der Waals surface area contributed by atoms with E-state index in [-0.39, 0.29) is 5.56 Å². The Kier molecular flexibility index (Phi) is 7.47. The van der Waals surface area contributed by atoms with E-state index in [2.05, 4.69) is 20.1 Å². The molecule has 10 heteroatoms. The summed E-state index contributed by atoms with van der Waals surface area (Å²) in [5.74, 6) is -0.661. The molecule has 3 heterocycles. The third-order valence-electron chi connectivity index (χ3n) is 6.28. The molecule has 0 amide bonds. The number of aromatic nitrogens is 3. The first-order valence-corrected chi connectivity index (χ1v) is 13.1. The van der Waals surface area contributed by atoms with Crippen molar-refractivity contribution in [2.24, 2.45) is 0 Å². The van der Waals surface area contributed by atoms with Crippen LogP contribution in [0.4, 0.5) is 14.5 Å². The normalized spacial score (nSPS) is 17.2. The molecule has 3 N–H and O–H groups in total. The van der Waals surface area contributed by atoms with E-state index in [9.17, 15) is 8.78 Å². The third kappa shape index (κ3) is 5.50. The Bertz CT molecular complexity index is 1410. The Morgan fingerprint density at radius 2 is 2.03 bits per heavy atom. The molecule has 2 aliphatic rings. The van der Waals surface area contributed by atoms with Crippen molar-refractivity contribution in [1.82, 2.24) is 20.1 Å². The first-order chi connectivity index (χ1) is 18.1. The van der Waals surface area contributed by atoms with Gasteiger partial charge in [0.25, 0.3) is 0 Å². The second-order valence-electron chi connectivity index (χ2n) is 8.67. The van der Waals surface area contributed by atoms with E-state index in [1.165, 1.54) is 30.3 Å². The highest BCUT2D eigenvalue weighted by atomic mass is 32.2. The summed E-state index contributed by atoms with van der Waals surface area (Å²) in [5, 5.41) is 16.0. The fourth-order valence-electron chi connectivity index (χ4n) is 4.42. The molecule has 2 aliphatic heterocycles. The summed E-state index contributed by atoms with van der Waals surface area (Å²) in [6.45, 7) is 1.46. The van der Waals surface area contributed by atoms with Gasteiger partial charge in [-0.15, -0.1) is 0 Å². The fraction of sp³-hybridized carbons (Fsp3) is 0.222. The Morgan fingerprint density at radius 1 is 1.19 bits per heavy atom. The molecular formula is C27H26F2N6OS. The van der Waals surface area contributed by atoms with Gasteiger partial charge >= 0.3 is 0 Å². The third-order valence-corrected chi connectivity index (χ3v) is 6.72. The van der Waals surface area contributed by atoms with Crippen molar-refractivity contribution in [2.45, 2.75) is 18.9 Å². The lowest BCUT2D eigenvalue weighted by molar-refractivity contribution is 0.0661. The number of benzene rings is 2. The maximum absolute atomic E-state index is 14.6. The van der Waals surface area contributed by atoms with Crippen LogP contribution in [-0.2, 0) is 4.74 Å². The summed E-state index contributed by atoms with van der Waals surface area (Å²) in [7, 11) is 0. The molecule has 7 nitrogen and oxygen atoms in total. The Labute approximate surface area is 218 Å². The van der Waals surface area contributed by atoms with Crippen LogP contribution in [0.1, 0.15) is 30.3 Å². The average Bonchev–Trinajstić information content (AvgIpc) is 3.41. The predicted molar refractivity (Wildman–Crippen MR) is 144 cm³/mol. The molecule has 2 aromatic carbocycles. The van der Waals surface area contributed by atoms with Crippen LogP contribution in [0.5, 0.6) is 0 Å². The Hall–Kier alpha value is -3.76. The van der Waals surface area contributed by atoms with Crippen molar-refractivity contribution < 1.29 is 13.5 Å². The van der Waals surface area contributed by atoms with E-state index in [4.69, 9.17) is 10.1 Å². The highest BCUT2D eigenvalue weighted by Crippen LogP contribution is 2.32. The fourth-order valence-corrected chi connectivity index (χ4v) is 4.77. The molecule has 5 rings (SSSR count). The molecule has 1 saturated heterocycles. The molecule has 0 saturated carbocycles. The van der Waals surface area contributed by atoms with Gasteiger partial charge in [0.2, 0.25) is 0 Å². The quantitative estimate of drug-likeness (QED) is 0.269. The highest BCUT2D eigenvalue weighted by molar-refractivity contribution is 7.99. The number of nitrogens with zero attached hydrogens (tertiary/aromatic N) is 3. The zero-order valence-electron chi connectivity index (χ0n) is 20.2. The van der Waals surface area contributed by atoms with Crippen molar-refractivity contribution in [3.8, 4) is 11.1 Å². The van der Waals surface area contributed by atoms with Crippen molar-refractivity contribution in [3.63, 3.8) is 0 Å². The minimum absolute atomic E-state index is 0.280. The summed E-state index contributed by atoms with van der Waals surface area (Å²) >= 11 is 1.40. The molecule has 0 bridgehead atoms. The Balaban J connectivity index is 1.44. The molecule has 3 aromatic rings. The number of hydrogen-bond acceptors (Lipinski definition) is 7. The van der Waals surface area contributed by atoms with Gasteiger partial charge < -0.3 is 20.2 Å². The van der Waals surface area contributed by atoms with E-state index in [0.717, 1.165) is 43.4 Å². The van der Waals surface area contributed by atoms with Crippen molar-refractivity contribution in [2.75, 3.05) is 24.2 Å². The predicted octanol–water partition coefficient (Wildman–Crippen LogP) is 5.83. The summed E-state index contributed by atoms with van der Waals surface area (Å²) in [5.41, 5.74) is 4.44. The van der Waals surface area contributed by atoms with Gasteiger partial charge in [0.1, 0.15) is 18.0 Å². The van der Waals surface area contributed by atoms with Crippen LogP contribution in [0, 0.1) is 17.0 Å². The minimum atomic E-state index is -0.646. The summed E-state index contributed by atoms with van der Waals surface area (Å²) < 4.78 is 38.6. The van der Waals surface area contributed by atoms with Gasteiger partial charge in [0.05, 0.1) is 6.04 Å². The zero-order chi connectivity index (χ0) is 25.8. The monoisotopic (exact) mass is 520 g/mol. The van der Waals surface area contributed by atoms with Crippen molar-refractivity contribution in [1.29, 1.82) is 5.41 Å². The molecule has 190 valence electrons. The van der Waals surface area contributed by atoms with E-state index < -0.39 is 11.6 Å². The molecule has 1 aromatic heterocycles. The van der Waals surface area contributed by atoms with E-state index in [1.807, 2.05) is 35.4 Å². The van der Waals surface area contributed by atoms with E-state index in [1.54, 1.807) is 18.5 Å². The lowest BCUT2D eigenvalue weighted by Gasteiger charge is -2.21. The highest BCUT2D eigenvalue weighted by Gasteiger charge is 2.19. The Morgan fingerprint density at radius 3 is 2.73 bits per heavy atom. The number of nitrogens with one attached hydrogen (secondary N) is 3. The van der Waals surface area contributed by atoms with Crippen LogP contribution in [0.2, 0.25) is 0 Å². The lowest BCUT2D eigenvalue weighted by Crippen LogP contribution is -2.20. The first kappa shape index (κ1) is 24.9. The summed E-state index contributed by atoms with van der Waals surface area (Å²) in [6, 6.07) is 9.29. The smallest absolute Gasteiger partial charge is 0.182 e. The standard InChI is InChI=1S/C27H26F2N6OS/c1-37-34-21-11-18(23-4-3-20(28)13-25(23)29)10-19(12-21)24(14-30)26-5-2-17(15-31-26)27-32-16-35(33-27)22-6-8-36-9-7-22/h2-5,10-16,22,30-31,34H,6-9H2,1H3/b26-24+,30-14?. The molecule has 0 aliphatic carbocycles. The molecule has 37 heavy (non-hydrogen) atoms. The molecule has 0 unspecified atom stereocenters. The second-order valence-corrected chi connectivity index (χ2v) is 9.28. The van der Waals surface area contributed by atoms with E-state index in [0.29, 0.717) is 34.3 Å². The van der Waals surface area contributed by atoms with Gasteiger partial charge in [-0.05, 0) is 66.5 Å². The van der Waals surface area contributed by atoms with Gasteiger partial charge in [-0.25, -0.2) is 18.4 Å². The zero-order valence-corrected chi connectivity index (χ0v) is 21.0. The second kappa shape index (κ2) is 11.1. The minimum Gasteiger partial charge on any atom is -0.381 e. The van der Waals surface area contributed by atoms with Gasteiger partial charge in [0, 0.05) is 66.0 Å². The summed E-state index contributed by atoms with van der Waals surface area (Å²) in [6.07, 6.45) is 12.3. The molecular weight excluding hydrogens is 494 g/mol. The molecule has 0 radical (unpaired) electrons. The lowest BCUT2D eigenvalue weighted by atomic mass is 9.96. The van der Waals surface area contributed by atoms with Crippen LogP contribution in [-0.4, -0.2) is 40.4 Å².